The number of nitrogens with zero attached hydrogens (tertiary/aromatic N) is 15. The van der Waals surface area contributed by atoms with Crippen molar-refractivity contribution >= 4 is 88.8 Å². The number of rotatable bonds is 25. The lowest BCUT2D eigenvalue weighted by Crippen LogP contribution is -2.71. The standard InChI is InChI=1S/C74H92FN21O11/c1-9-53(45-22-29-106-30-23-45)85-72(103)94-60(50(63(94)97)32-42-20-24-79-57(76)35-42)67(101)92(7)70-82-39-49(90(70)5)17-19-55(56-15-10-11-28-107-56)87-74(105)96-61(51(64(96)98)33-43-21-25-80-58(77)36-43)68(102)93(8)71-84-48(40-89(71)4)16-18-54(46-13-12-14-47(75)38-46)86-73(104)95-62(66(100)91(6)69-81-26-27-88(69)3)52(65(95)99)34-44-31-41(2)83-59(78)37-44/h12-14,20-21,24-27,31,35-40,45,50-56,60-62H,9-11,15-19,22-23,28-30,32-34H2,1-8H3,(H2,76,79)(H2,77,80)(H2,78,83)(H,85,103)(H,86,104)(H,87,105)/t50-,51-,52-,53-,54-,55-,56?,60+,61+,62+/m1/s1. The maximum Gasteiger partial charge on any atom is 0.325 e. The molecule has 566 valence electrons. The Morgan fingerprint density at radius 2 is 1.16 bits per heavy atom. The van der Waals surface area contributed by atoms with Crippen molar-refractivity contribution < 1.29 is 57.0 Å². The second-order valence-corrected chi connectivity index (χ2v) is 28.4. The Kier molecular flexibility index (Phi) is 22.7. The largest absolute Gasteiger partial charge is 0.384 e. The Morgan fingerprint density at radius 1 is 0.598 bits per heavy atom. The molecule has 12 amide bonds. The minimum atomic E-state index is -1.36. The molecule has 5 aliphatic rings. The van der Waals surface area contributed by atoms with E-state index in [2.05, 4.69) is 40.9 Å². The number of carbonyl (C=O) groups is 9. The van der Waals surface area contributed by atoms with E-state index in [1.807, 2.05) is 6.92 Å². The van der Waals surface area contributed by atoms with E-state index < -0.39 is 113 Å². The first-order valence-electron chi connectivity index (χ1n) is 36.1. The van der Waals surface area contributed by atoms with E-state index in [4.69, 9.17) is 31.7 Å². The summed E-state index contributed by atoms with van der Waals surface area (Å²) in [5.41, 5.74) is 22.1. The fourth-order valence-corrected chi connectivity index (χ4v) is 15.6. The Hall–Kier alpha value is -11.2. The summed E-state index contributed by atoms with van der Waals surface area (Å²) in [6, 6.07) is 7.44. The number of aromatic nitrogens is 9. The molecule has 33 heteroatoms. The highest BCUT2D eigenvalue weighted by Gasteiger charge is 2.59. The predicted molar refractivity (Wildman–Crippen MR) is 390 cm³/mol. The van der Waals surface area contributed by atoms with Gasteiger partial charge < -0.3 is 56.3 Å². The van der Waals surface area contributed by atoms with E-state index in [1.165, 1.54) is 72.6 Å². The molecule has 7 aromatic rings. The number of hydrogen-bond acceptors (Lipinski definition) is 20. The maximum absolute atomic E-state index is 15.3. The van der Waals surface area contributed by atoms with Gasteiger partial charge in [0, 0.05) is 111 Å². The van der Waals surface area contributed by atoms with Crippen molar-refractivity contribution in [3.8, 4) is 0 Å². The number of likely N-dealkylation sites (tertiary alicyclic amines) is 3. The number of ether oxygens (including phenoxy) is 2. The Balaban J connectivity index is 0.749. The summed E-state index contributed by atoms with van der Waals surface area (Å²) in [7, 11) is 9.62. The molecule has 0 aliphatic carbocycles. The molecular formula is C74H92FN21O11. The highest BCUT2D eigenvalue weighted by Crippen LogP contribution is 2.38. The molecule has 5 fully saturated rings. The zero-order valence-corrected chi connectivity index (χ0v) is 61.2. The molecule has 0 radical (unpaired) electrons. The molecule has 9 N–H and O–H groups in total. The van der Waals surface area contributed by atoms with Crippen LogP contribution in [-0.4, -0.2) is 189 Å². The number of amides is 12. The number of nitrogen functional groups attached to an aromatic ring is 3. The van der Waals surface area contributed by atoms with Crippen molar-refractivity contribution in [1.29, 1.82) is 0 Å². The number of likely N-dealkylation sites (N-methyl/N-ethyl adjacent to an activating group) is 3. The highest BCUT2D eigenvalue weighted by atomic mass is 19.1. The van der Waals surface area contributed by atoms with Crippen molar-refractivity contribution in [2.75, 3.05) is 72.9 Å². The average Bonchev–Trinajstić information content (AvgIpc) is 0.939. The lowest BCUT2D eigenvalue weighted by molar-refractivity contribution is -0.156. The molecule has 0 saturated carbocycles. The number of halogens is 1. The molecule has 11 heterocycles. The van der Waals surface area contributed by atoms with E-state index in [9.17, 15) is 33.6 Å². The molecule has 5 aliphatic heterocycles. The number of aryl methyl sites for hydroxylation is 5. The molecular weight excluding hydrogens is 1380 g/mol. The number of benzene rings is 1. The Labute approximate surface area is 617 Å². The number of nitrogens with two attached hydrogens (primary N) is 3. The van der Waals surface area contributed by atoms with Crippen LogP contribution in [0, 0.1) is 36.4 Å². The summed E-state index contributed by atoms with van der Waals surface area (Å²) in [6.45, 7) is 5.25. The van der Waals surface area contributed by atoms with Gasteiger partial charge in [-0.3, -0.25) is 58.2 Å². The molecule has 0 bridgehead atoms. The third-order valence-electron chi connectivity index (χ3n) is 21.3. The van der Waals surface area contributed by atoms with E-state index in [0.717, 1.165) is 40.4 Å². The monoisotopic (exact) mass is 1470 g/mol. The second-order valence-electron chi connectivity index (χ2n) is 28.4. The third-order valence-corrected chi connectivity index (χ3v) is 21.3. The molecule has 10 atom stereocenters. The van der Waals surface area contributed by atoms with Gasteiger partial charge >= 0.3 is 18.1 Å². The number of β-lactam (4-membered cyclic amide) rings is 3. The van der Waals surface area contributed by atoms with Crippen LogP contribution in [0.5, 0.6) is 0 Å². The minimum absolute atomic E-state index is 0.0191. The number of imide groups is 3. The van der Waals surface area contributed by atoms with Crippen molar-refractivity contribution in [2.24, 2.45) is 44.8 Å². The number of nitrogens with one attached hydrogen (secondary N) is 3. The molecule has 6 aromatic heterocycles. The molecule has 0 spiro atoms. The van der Waals surface area contributed by atoms with Crippen LogP contribution in [0.25, 0.3) is 0 Å². The molecule has 1 aromatic carbocycles. The van der Waals surface area contributed by atoms with Gasteiger partial charge in [0.25, 0.3) is 17.7 Å². The van der Waals surface area contributed by atoms with Crippen molar-refractivity contribution in [1.82, 2.24) is 74.3 Å². The number of carbonyl (C=O) groups excluding carboxylic acids is 9. The van der Waals surface area contributed by atoms with Gasteiger partial charge in [-0.25, -0.2) is 48.7 Å². The first kappa shape index (κ1) is 75.5. The number of pyridine rings is 3. The van der Waals surface area contributed by atoms with Gasteiger partial charge in [0.15, 0.2) is 0 Å². The molecule has 12 rings (SSSR count). The molecule has 5 saturated heterocycles. The maximum atomic E-state index is 15.3. The van der Waals surface area contributed by atoms with Gasteiger partial charge in [0.1, 0.15) is 41.4 Å². The fraction of sp³-hybridized carbons (Fsp3) is 0.473. The quantitative estimate of drug-likeness (QED) is 0.0424. The minimum Gasteiger partial charge on any atom is -0.384 e. The van der Waals surface area contributed by atoms with Gasteiger partial charge in [-0.05, 0) is 167 Å². The summed E-state index contributed by atoms with van der Waals surface area (Å²) < 4.78 is 32.0. The first-order chi connectivity index (χ1) is 51.3. The van der Waals surface area contributed by atoms with Gasteiger partial charge in [-0.2, -0.15) is 0 Å². The van der Waals surface area contributed by atoms with Gasteiger partial charge in [-0.1, -0.05) is 19.1 Å². The van der Waals surface area contributed by atoms with E-state index in [-0.39, 0.29) is 92.2 Å². The zero-order valence-electron chi connectivity index (χ0n) is 61.2. The highest BCUT2D eigenvalue weighted by molar-refractivity contribution is 6.14. The van der Waals surface area contributed by atoms with E-state index in [1.54, 1.807) is 103 Å². The number of anilines is 6. The fourth-order valence-electron chi connectivity index (χ4n) is 15.6. The normalized spacial score (nSPS) is 21.0. The van der Waals surface area contributed by atoms with Crippen LogP contribution in [-0.2, 0) is 91.5 Å². The van der Waals surface area contributed by atoms with E-state index >= 15 is 14.0 Å². The molecule has 32 nitrogen and oxygen atoms in total. The Morgan fingerprint density at radius 3 is 1.70 bits per heavy atom. The number of urea groups is 3. The van der Waals surface area contributed by atoms with Crippen LogP contribution >= 0.6 is 0 Å². The summed E-state index contributed by atoms with van der Waals surface area (Å²) >= 11 is 0. The lowest BCUT2D eigenvalue weighted by atomic mass is 9.81. The van der Waals surface area contributed by atoms with Gasteiger partial charge in [0.2, 0.25) is 35.6 Å². The Bertz CT molecular complexity index is 4490. The topological polar surface area (TPSA) is 398 Å². The van der Waals surface area contributed by atoms with Crippen LogP contribution in [0.1, 0.15) is 104 Å². The average molecular weight is 1470 g/mol. The van der Waals surface area contributed by atoms with Crippen LogP contribution < -0.4 is 47.9 Å². The molecule has 107 heavy (non-hydrogen) atoms. The first-order valence-corrected chi connectivity index (χ1v) is 36.1. The molecule has 1 unspecified atom stereocenters. The summed E-state index contributed by atoms with van der Waals surface area (Å²) in [6.07, 6.45) is 14.1. The van der Waals surface area contributed by atoms with Crippen LogP contribution in [0.15, 0.2) is 97.8 Å². The van der Waals surface area contributed by atoms with Crippen molar-refractivity contribution in [3.63, 3.8) is 0 Å². The summed E-state index contributed by atoms with van der Waals surface area (Å²) in [5, 5.41) is 9.06. The SMILES string of the molecule is CC[C@@H](NC(=O)N1C(=O)[C@H](Cc2ccnc(N)c2)[C@H]1C(=O)N(C)c1ncc(CC[C@@H](NC(=O)N2C(=O)[C@H](Cc3ccnc(N)c3)[C@H]2C(=O)N(C)c2nc(CC[C@@H](NC(=O)N3C(=O)[C@H](Cc4cc(C)nc(N)c4)[C@H]3C(=O)N(C)c3nccn3C)c3cccc(F)c3)cn2C)C2CCCCO2)n1C)C1CCOCC1. The number of imidazole rings is 3. The van der Waals surface area contributed by atoms with E-state index in [0.29, 0.717) is 72.0 Å². The second kappa shape index (κ2) is 32.2. The lowest BCUT2D eigenvalue weighted by Gasteiger charge is -2.46. The summed E-state index contributed by atoms with van der Waals surface area (Å²) in [4.78, 5) is 164. The predicted octanol–water partition coefficient (Wildman–Crippen LogP) is 4.64. The smallest absolute Gasteiger partial charge is 0.325 e. The van der Waals surface area contributed by atoms with Crippen LogP contribution in [0.4, 0.5) is 54.1 Å². The van der Waals surface area contributed by atoms with Crippen molar-refractivity contribution in [2.45, 2.75) is 140 Å². The zero-order chi connectivity index (χ0) is 76.2. The van der Waals surface area contributed by atoms with Gasteiger partial charge in [-0.15, -0.1) is 0 Å². The third kappa shape index (κ3) is 16.0. The van der Waals surface area contributed by atoms with Crippen molar-refractivity contribution in [3.05, 3.63) is 143 Å². The van der Waals surface area contributed by atoms with Gasteiger partial charge in [0.05, 0.1) is 47.8 Å². The number of hydrogen-bond donors (Lipinski definition) is 6. The summed E-state index contributed by atoms with van der Waals surface area (Å²) in [5.74, 6) is -5.63. The van der Waals surface area contributed by atoms with Crippen LogP contribution in [0.3, 0.4) is 0 Å². The van der Waals surface area contributed by atoms with Crippen LogP contribution in [0.2, 0.25) is 0 Å².